The van der Waals surface area contributed by atoms with Gasteiger partial charge in [0.15, 0.2) is 5.03 Å². The molecule has 1 aliphatic rings. The summed E-state index contributed by atoms with van der Waals surface area (Å²) < 4.78 is 31.6. The van der Waals surface area contributed by atoms with E-state index in [0.29, 0.717) is 31.8 Å². The SMILES string of the molecule is CNCc1cn[nH]c1S(=O)(=O)N1CCC(COC)C1. The number of methoxy groups -OCH3 is 1. The van der Waals surface area contributed by atoms with Gasteiger partial charge in [-0.25, -0.2) is 8.42 Å². The van der Waals surface area contributed by atoms with Crippen molar-refractivity contribution in [2.24, 2.45) is 5.92 Å². The van der Waals surface area contributed by atoms with E-state index in [4.69, 9.17) is 4.74 Å². The van der Waals surface area contributed by atoms with Gasteiger partial charge in [0, 0.05) is 32.3 Å². The Balaban J connectivity index is 2.16. The predicted octanol–water partition coefficient (Wildman–Crippen LogP) is -0.214. The molecule has 108 valence electrons. The number of aromatic nitrogens is 2. The first-order valence-electron chi connectivity index (χ1n) is 6.25. The number of ether oxygens (including phenoxy) is 1. The van der Waals surface area contributed by atoms with Crippen LogP contribution in [-0.2, 0) is 21.3 Å². The highest BCUT2D eigenvalue weighted by atomic mass is 32.2. The molecule has 0 aromatic carbocycles. The zero-order valence-electron chi connectivity index (χ0n) is 11.2. The Labute approximate surface area is 113 Å². The second-order valence-electron chi connectivity index (χ2n) is 4.73. The zero-order chi connectivity index (χ0) is 13.9. The van der Waals surface area contributed by atoms with E-state index in [1.807, 2.05) is 0 Å². The lowest BCUT2D eigenvalue weighted by Gasteiger charge is -2.16. The van der Waals surface area contributed by atoms with Gasteiger partial charge < -0.3 is 10.1 Å². The first-order chi connectivity index (χ1) is 9.09. The predicted molar refractivity (Wildman–Crippen MR) is 70.1 cm³/mol. The summed E-state index contributed by atoms with van der Waals surface area (Å²) in [5, 5.41) is 9.58. The topological polar surface area (TPSA) is 87.3 Å². The van der Waals surface area contributed by atoms with Gasteiger partial charge in [-0.3, -0.25) is 5.10 Å². The van der Waals surface area contributed by atoms with Crippen LogP contribution in [0.5, 0.6) is 0 Å². The summed E-state index contributed by atoms with van der Waals surface area (Å²) in [6.07, 6.45) is 2.38. The van der Waals surface area contributed by atoms with E-state index in [9.17, 15) is 8.42 Å². The van der Waals surface area contributed by atoms with Crippen LogP contribution in [0.25, 0.3) is 0 Å². The van der Waals surface area contributed by atoms with E-state index in [2.05, 4.69) is 15.5 Å². The van der Waals surface area contributed by atoms with Crippen LogP contribution in [-0.4, -0.2) is 56.8 Å². The maximum atomic E-state index is 12.5. The third kappa shape index (κ3) is 2.97. The van der Waals surface area contributed by atoms with Crippen LogP contribution in [0.15, 0.2) is 11.2 Å². The monoisotopic (exact) mass is 288 g/mol. The second kappa shape index (κ2) is 6.00. The maximum Gasteiger partial charge on any atom is 0.260 e. The van der Waals surface area contributed by atoms with Gasteiger partial charge in [0.1, 0.15) is 0 Å². The third-order valence-corrected chi connectivity index (χ3v) is 5.18. The largest absolute Gasteiger partial charge is 0.384 e. The summed E-state index contributed by atoms with van der Waals surface area (Å²) in [7, 11) is -0.0720. The zero-order valence-corrected chi connectivity index (χ0v) is 12.0. The summed E-state index contributed by atoms with van der Waals surface area (Å²) in [5.41, 5.74) is 0.665. The molecule has 0 spiro atoms. The Hall–Kier alpha value is -0.960. The lowest BCUT2D eigenvalue weighted by atomic mass is 10.1. The highest BCUT2D eigenvalue weighted by molar-refractivity contribution is 7.89. The van der Waals surface area contributed by atoms with Crippen LogP contribution in [0.1, 0.15) is 12.0 Å². The highest BCUT2D eigenvalue weighted by Crippen LogP contribution is 2.25. The van der Waals surface area contributed by atoms with Crippen molar-refractivity contribution in [3.8, 4) is 0 Å². The Kier molecular flexibility index (Phi) is 4.56. The van der Waals surface area contributed by atoms with Gasteiger partial charge in [-0.2, -0.15) is 9.40 Å². The van der Waals surface area contributed by atoms with Crippen LogP contribution in [0.2, 0.25) is 0 Å². The normalized spacial score (nSPS) is 21.1. The molecule has 2 N–H and O–H groups in total. The molecular formula is C11H20N4O3S. The standard InChI is InChI=1S/C11H20N4O3S/c1-12-5-10-6-13-14-11(10)19(16,17)15-4-3-9(7-15)8-18-2/h6,9,12H,3-5,7-8H2,1-2H3,(H,13,14). The van der Waals surface area contributed by atoms with E-state index < -0.39 is 10.0 Å². The van der Waals surface area contributed by atoms with Crippen LogP contribution in [0.3, 0.4) is 0 Å². The Morgan fingerprint density at radius 2 is 2.42 bits per heavy atom. The number of hydrogen-bond acceptors (Lipinski definition) is 5. The Morgan fingerprint density at radius 3 is 3.11 bits per heavy atom. The van der Waals surface area contributed by atoms with E-state index in [1.54, 1.807) is 20.4 Å². The molecule has 0 bridgehead atoms. The molecule has 1 unspecified atom stereocenters. The van der Waals surface area contributed by atoms with E-state index in [1.165, 1.54) is 4.31 Å². The number of nitrogens with one attached hydrogen (secondary N) is 2. The molecule has 8 heteroatoms. The van der Waals surface area contributed by atoms with Crippen molar-refractivity contribution >= 4 is 10.0 Å². The minimum absolute atomic E-state index is 0.194. The quantitative estimate of drug-likeness (QED) is 0.756. The summed E-state index contributed by atoms with van der Waals surface area (Å²) in [4.78, 5) is 0. The van der Waals surface area contributed by atoms with Gasteiger partial charge in [0.25, 0.3) is 10.0 Å². The van der Waals surface area contributed by atoms with Crippen LogP contribution in [0, 0.1) is 5.92 Å². The van der Waals surface area contributed by atoms with Crippen molar-refractivity contribution in [2.75, 3.05) is 33.9 Å². The summed E-state index contributed by atoms with van der Waals surface area (Å²) >= 11 is 0. The average molecular weight is 288 g/mol. The van der Waals surface area contributed by atoms with Crippen LogP contribution in [0.4, 0.5) is 0 Å². The van der Waals surface area contributed by atoms with Gasteiger partial charge in [-0.15, -0.1) is 0 Å². The fourth-order valence-corrected chi connectivity index (χ4v) is 3.99. The molecule has 7 nitrogen and oxygen atoms in total. The fraction of sp³-hybridized carbons (Fsp3) is 0.727. The summed E-state index contributed by atoms with van der Waals surface area (Å²) in [5.74, 6) is 0.274. The number of sulfonamides is 1. The number of aromatic amines is 1. The molecule has 1 saturated heterocycles. The van der Waals surface area contributed by atoms with Gasteiger partial charge >= 0.3 is 0 Å². The molecule has 1 fully saturated rings. The third-order valence-electron chi connectivity index (χ3n) is 3.29. The minimum Gasteiger partial charge on any atom is -0.384 e. The van der Waals surface area contributed by atoms with Crippen molar-refractivity contribution in [1.29, 1.82) is 0 Å². The molecule has 1 atom stereocenters. The van der Waals surface area contributed by atoms with Crippen molar-refractivity contribution in [3.05, 3.63) is 11.8 Å². The van der Waals surface area contributed by atoms with Gasteiger partial charge in [-0.1, -0.05) is 0 Å². The molecule has 0 aliphatic carbocycles. The molecule has 1 aromatic heterocycles. The van der Waals surface area contributed by atoms with Crippen molar-refractivity contribution in [2.45, 2.75) is 18.0 Å². The molecule has 1 aromatic rings. The fourth-order valence-electron chi connectivity index (χ4n) is 2.36. The summed E-state index contributed by atoms with van der Waals surface area (Å²) in [6, 6.07) is 0. The molecular weight excluding hydrogens is 268 g/mol. The molecule has 19 heavy (non-hydrogen) atoms. The van der Waals surface area contributed by atoms with Gasteiger partial charge in [0.05, 0.1) is 12.8 Å². The van der Waals surface area contributed by atoms with Gasteiger partial charge in [-0.05, 0) is 19.4 Å². The van der Waals surface area contributed by atoms with Crippen molar-refractivity contribution in [1.82, 2.24) is 19.8 Å². The molecule has 0 saturated carbocycles. The number of H-pyrrole nitrogens is 1. The molecule has 2 rings (SSSR count). The van der Waals surface area contributed by atoms with Crippen molar-refractivity contribution < 1.29 is 13.2 Å². The first kappa shape index (κ1) is 14.4. The lowest BCUT2D eigenvalue weighted by molar-refractivity contribution is 0.157. The van der Waals surface area contributed by atoms with Crippen LogP contribution < -0.4 is 5.32 Å². The lowest BCUT2D eigenvalue weighted by Crippen LogP contribution is -2.30. The number of nitrogens with zero attached hydrogens (tertiary/aromatic N) is 2. The van der Waals surface area contributed by atoms with E-state index >= 15 is 0 Å². The van der Waals surface area contributed by atoms with E-state index in [-0.39, 0.29) is 10.9 Å². The molecule has 0 amide bonds. The maximum absolute atomic E-state index is 12.5. The summed E-state index contributed by atoms with van der Waals surface area (Å²) in [6.45, 7) is 2.11. The number of hydrogen-bond donors (Lipinski definition) is 2. The molecule has 0 radical (unpaired) electrons. The molecule has 2 heterocycles. The first-order valence-corrected chi connectivity index (χ1v) is 7.69. The van der Waals surface area contributed by atoms with Gasteiger partial charge in [0.2, 0.25) is 0 Å². The Bertz CT molecular complexity index is 514. The smallest absolute Gasteiger partial charge is 0.260 e. The van der Waals surface area contributed by atoms with E-state index in [0.717, 1.165) is 6.42 Å². The Morgan fingerprint density at radius 1 is 1.63 bits per heavy atom. The second-order valence-corrected chi connectivity index (χ2v) is 6.60. The highest BCUT2D eigenvalue weighted by Gasteiger charge is 2.34. The average Bonchev–Trinajstić information content (AvgIpc) is 2.99. The minimum atomic E-state index is -3.48. The van der Waals surface area contributed by atoms with Crippen LogP contribution >= 0.6 is 0 Å². The van der Waals surface area contributed by atoms with Crippen molar-refractivity contribution in [3.63, 3.8) is 0 Å². The molecule has 1 aliphatic heterocycles. The number of rotatable bonds is 6.